The van der Waals surface area contributed by atoms with Gasteiger partial charge in [0, 0.05) is 30.2 Å². The van der Waals surface area contributed by atoms with E-state index < -0.39 is 0 Å². The summed E-state index contributed by atoms with van der Waals surface area (Å²) in [6, 6.07) is 7.71. The number of piperidine rings is 2. The summed E-state index contributed by atoms with van der Waals surface area (Å²) in [6.07, 6.45) is 4.34. The lowest BCUT2D eigenvalue weighted by atomic mass is 9.94. The Balaban J connectivity index is 0.00000300. The van der Waals surface area contributed by atoms with E-state index in [4.69, 9.17) is 4.74 Å². The van der Waals surface area contributed by atoms with Gasteiger partial charge in [-0.05, 0) is 76.3 Å². The number of nitrogens with zero attached hydrogens (tertiary/aromatic N) is 1. The minimum atomic E-state index is -0.0702. The number of carbonyl (C=O) groups is 2. The minimum Gasteiger partial charge on any atom is -0.484 e. The molecule has 162 valence electrons. The first-order chi connectivity index (χ1) is 13.5. The highest BCUT2D eigenvalue weighted by Gasteiger charge is 2.29. The van der Waals surface area contributed by atoms with E-state index in [-0.39, 0.29) is 49.0 Å². The van der Waals surface area contributed by atoms with Crippen LogP contribution < -0.4 is 15.4 Å². The summed E-state index contributed by atoms with van der Waals surface area (Å²) in [7, 11) is 0. The van der Waals surface area contributed by atoms with Crippen molar-refractivity contribution in [1.82, 2.24) is 15.5 Å². The maximum atomic E-state index is 12.6. The molecule has 0 saturated carbocycles. The van der Waals surface area contributed by atoms with Crippen LogP contribution in [0.15, 0.2) is 24.3 Å². The average Bonchev–Trinajstić information content (AvgIpc) is 2.68. The van der Waals surface area contributed by atoms with Gasteiger partial charge in [0.2, 0.25) is 0 Å². The van der Waals surface area contributed by atoms with Gasteiger partial charge in [0.05, 0.1) is 0 Å². The van der Waals surface area contributed by atoms with Crippen LogP contribution in [0.4, 0.5) is 0 Å². The molecule has 4 atom stereocenters. The molecule has 0 radical (unpaired) electrons. The van der Waals surface area contributed by atoms with Crippen molar-refractivity contribution in [3.63, 3.8) is 0 Å². The summed E-state index contributed by atoms with van der Waals surface area (Å²) in [5, 5.41) is 6.43. The van der Waals surface area contributed by atoms with Gasteiger partial charge in [0.25, 0.3) is 11.8 Å². The molecule has 2 fully saturated rings. The third kappa shape index (κ3) is 6.09. The van der Waals surface area contributed by atoms with E-state index >= 15 is 0 Å². The van der Waals surface area contributed by atoms with Gasteiger partial charge < -0.3 is 20.3 Å². The summed E-state index contributed by atoms with van der Waals surface area (Å²) in [5.41, 5.74) is 0.606. The normalized spacial score (nSPS) is 26.9. The highest BCUT2D eigenvalue weighted by molar-refractivity contribution is 5.94. The second-order valence-corrected chi connectivity index (χ2v) is 8.29. The molecular weight excluding hydrogens is 390 g/mol. The molecule has 3 rings (SSSR count). The summed E-state index contributed by atoms with van der Waals surface area (Å²) >= 11 is 0. The molecule has 7 heteroatoms. The van der Waals surface area contributed by atoms with Crippen LogP contribution in [0.25, 0.3) is 0 Å². The van der Waals surface area contributed by atoms with Crippen LogP contribution in [-0.2, 0) is 4.79 Å². The number of likely N-dealkylation sites (tertiary alicyclic amines) is 1. The first kappa shape index (κ1) is 23.5. The van der Waals surface area contributed by atoms with Crippen molar-refractivity contribution in [1.29, 1.82) is 0 Å². The third-order valence-electron chi connectivity index (χ3n) is 6.10. The molecule has 4 unspecified atom stereocenters. The van der Waals surface area contributed by atoms with E-state index in [0.717, 1.165) is 32.4 Å². The largest absolute Gasteiger partial charge is 0.484 e. The maximum absolute atomic E-state index is 12.6. The number of rotatable bonds is 5. The maximum Gasteiger partial charge on any atom is 0.260 e. The Kier molecular flexibility index (Phi) is 8.78. The van der Waals surface area contributed by atoms with Crippen molar-refractivity contribution in [2.45, 2.75) is 64.6 Å². The van der Waals surface area contributed by atoms with E-state index in [0.29, 0.717) is 17.2 Å². The van der Waals surface area contributed by atoms with Gasteiger partial charge in [0.15, 0.2) is 6.61 Å². The van der Waals surface area contributed by atoms with Crippen LogP contribution in [0.5, 0.6) is 5.75 Å². The minimum absolute atomic E-state index is 0. The number of ether oxygens (including phenoxy) is 1. The molecule has 2 aliphatic heterocycles. The van der Waals surface area contributed by atoms with Crippen molar-refractivity contribution >= 4 is 24.2 Å². The van der Waals surface area contributed by atoms with E-state index in [1.807, 2.05) is 4.90 Å². The second kappa shape index (κ2) is 10.8. The highest BCUT2D eigenvalue weighted by atomic mass is 35.5. The van der Waals surface area contributed by atoms with Crippen LogP contribution in [0.3, 0.4) is 0 Å². The van der Waals surface area contributed by atoms with Gasteiger partial charge in [-0.15, -0.1) is 12.4 Å². The number of amides is 2. The fourth-order valence-corrected chi connectivity index (χ4v) is 4.27. The molecule has 6 nitrogen and oxygen atoms in total. The van der Waals surface area contributed by atoms with Gasteiger partial charge in [-0.3, -0.25) is 9.59 Å². The van der Waals surface area contributed by atoms with Crippen LogP contribution in [0.2, 0.25) is 0 Å². The van der Waals surface area contributed by atoms with E-state index in [1.54, 1.807) is 24.3 Å². The molecule has 0 spiro atoms. The Labute approximate surface area is 180 Å². The number of hydrogen-bond donors (Lipinski definition) is 2. The molecule has 1 aromatic rings. The van der Waals surface area contributed by atoms with Crippen LogP contribution >= 0.6 is 12.4 Å². The van der Waals surface area contributed by atoms with Gasteiger partial charge in [-0.1, -0.05) is 6.92 Å². The fraction of sp³-hybridized carbons (Fsp3) is 0.636. The molecule has 2 N–H and O–H groups in total. The molecule has 1 aromatic carbocycles. The SMILES string of the molecule is CC1CCNCC1NC(=O)c1ccc(OCC(=O)N2C(C)CCCC2C)cc1.Cl. The molecular formula is C22H34ClN3O3. The fourth-order valence-electron chi connectivity index (χ4n) is 4.27. The zero-order chi connectivity index (χ0) is 20.1. The summed E-state index contributed by atoms with van der Waals surface area (Å²) in [6.45, 7) is 8.22. The Hall–Kier alpha value is -1.79. The Morgan fingerprint density at radius 3 is 2.38 bits per heavy atom. The Bertz CT molecular complexity index is 672. The molecule has 29 heavy (non-hydrogen) atoms. The number of hydrogen-bond acceptors (Lipinski definition) is 4. The average molecular weight is 424 g/mol. The number of benzene rings is 1. The first-order valence-corrected chi connectivity index (χ1v) is 10.5. The molecule has 0 aromatic heterocycles. The molecule has 2 heterocycles. The van der Waals surface area contributed by atoms with Gasteiger partial charge in [0.1, 0.15) is 5.75 Å². The zero-order valence-electron chi connectivity index (χ0n) is 17.6. The van der Waals surface area contributed by atoms with Crippen molar-refractivity contribution < 1.29 is 14.3 Å². The van der Waals surface area contributed by atoms with Crippen molar-refractivity contribution in [3.05, 3.63) is 29.8 Å². The van der Waals surface area contributed by atoms with E-state index in [1.165, 1.54) is 6.42 Å². The lowest BCUT2D eigenvalue weighted by molar-refractivity contribution is -0.139. The molecule has 2 aliphatic rings. The molecule has 2 saturated heterocycles. The predicted molar refractivity (Wildman–Crippen MR) is 117 cm³/mol. The Morgan fingerprint density at radius 2 is 1.76 bits per heavy atom. The quantitative estimate of drug-likeness (QED) is 0.763. The number of nitrogens with one attached hydrogen (secondary N) is 2. The third-order valence-corrected chi connectivity index (χ3v) is 6.10. The standard InChI is InChI=1S/C22H33N3O3.ClH/c1-15-11-12-23-13-20(15)24-22(27)18-7-9-19(10-8-18)28-14-21(26)25-16(2)5-4-6-17(25)3;/h7-10,15-17,20,23H,4-6,11-14H2,1-3H3,(H,24,27);1H. The van der Waals surface area contributed by atoms with Crippen molar-refractivity contribution in [3.8, 4) is 5.75 Å². The summed E-state index contributed by atoms with van der Waals surface area (Å²) < 4.78 is 5.69. The van der Waals surface area contributed by atoms with E-state index in [9.17, 15) is 9.59 Å². The second-order valence-electron chi connectivity index (χ2n) is 8.29. The van der Waals surface area contributed by atoms with Crippen molar-refractivity contribution in [2.24, 2.45) is 5.92 Å². The molecule has 2 amide bonds. The van der Waals surface area contributed by atoms with Gasteiger partial charge in [-0.2, -0.15) is 0 Å². The highest BCUT2D eigenvalue weighted by Crippen LogP contribution is 2.23. The Morgan fingerprint density at radius 1 is 1.10 bits per heavy atom. The van der Waals surface area contributed by atoms with Crippen molar-refractivity contribution in [2.75, 3.05) is 19.7 Å². The lowest BCUT2D eigenvalue weighted by Crippen LogP contribution is -2.50. The summed E-state index contributed by atoms with van der Waals surface area (Å²) in [4.78, 5) is 27.0. The summed E-state index contributed by atoms with van der Waals surface area (Å²) in [5.74, 6) is 1.03. The lowest BCUT2D eigenvalue weighted by Gasteiger charge is -2.38. The van der Waals surface area contributed by atoms with Gasteiger partial charge >= 0.3 is 0 Å². The molecule has 0 bridgehead atoms. The molecule has 0 aliphatic carbocycles. The smallest absolute Gasteiger partial charge is 0.260 e. The number of carbonyl (C=O) groups excluding carboxylic acids is 2. The predicted octanol–water partition coefficient (Wildman–Crippen LogP) is 3.00. The van der Waals surface area contributed by atoms with Gasteiger partial charge in [-0.25, -0.2) is 0 Å². The van der Waals surface area contributed by atoms with Crippen LogP contribution in [-0.4, -0.2) is 54.5 Å². The topological polar surface area (TPSA) is 70.7 Å². The number of halogens is 1. The monoisotopic (exact) mass is 423 g/mol. The first-order valence-electron chi connectivity index (χ1n) is 10.5. The van der Waals surface area contributed by atoms with Crippen LogP contribution in [0, 0.1) is 5.92 Å². The zero-order valence-corrected chi connectivity index (χ0v) is 18.5. The van der Waals surface area contributed by atoms with Crippen LogP contribution in [0.1, 0.15) is 56.8 Å². The van der Waals surface area contributed by atoms with E-state index in [2.05, 4.69) is 31.4 Å².